The second-order valence-corrected chi connectivity index (χ2v) is 6.07. The second-order valence-electron chi connectivity index (χ2n) is 5.13. The van der Waals surface area contributed by atoms with Gasteiger partial charge < -0.3 is 4.42 Å². The van der Waals surface area contributed by atoms with E-state index >= 15 is 0 Å². The predicted molar refractivity (Wildman–Crippen MR) is 84.1 cm³/mol. The lowest BCUT2D eigenvalue weighted by atomic mass is 10.2. The van der Waals surface area contributed by atoms with E-state index in [2.05, 4.69) is 24.0 Å². The predicted octanol–water partition coefficient (Wildman–Crippen LogP) is 4.55. The summed E-state index contributed by atoms with van der Waals surface area (Å²) < 4.78 is 21.1. The molecule has 0 fully saturated rings. The van der Waals surface area contributed by atoms with Crippen LogP contribution in [0.15, 0.2) is 52.2 Å². The topological polar surface area (TPSA) is 43.9 Å². The Morgan fingerprint density at radius 3 is 2.68 bits per heavy atom. The van der Waals surface area contributed by atoms with Crippen LogP contribution in [-0.4, -0.2) is 14.8 Å². The van der Waals surface area contributed by atoms with Crippen molar-refractivity contribution in [3.8, 4) is 11.6 Å². The molecule has 0 aliphatic rings. The van der Waals surface area contributed by atoms with Gasteiger partial charge >= 0.3 is 0 Å². The van der Waals surface area contributed by atoms with Crippen molar-refractivity contribution in [2.45, 2.75) is 30.8 Å². The van der Waals surface area contributed by atoms with Gasteiger partial charge in [0.1, 0.15) is 5.82 Å². The molecule has 0 aliphatic heterocycles. The van der Waals surface area contributed by atoms with Gasteiger partial charge in [-0.3, -0.25) is 4.57 Å². The summed E-state index contributed by atoms with van der Waals surface area (Å²) in [5, 5.41) is 9.21. The van der Waals surface area contributed by atoms with Gasteiger partial charge in [-0.1, -0.05) is 30.0 Å². The number of nitrogens with zero attached hydrogens (tertiary/aromatic N) is 3. The number of furan rings is 1. The van der Waals surface area contributed by atoms with Crippen LogP contribution in [-0.2, 0) is 5.75 Å². The fourth-order valence-corrected chi connectivity index (χ4v) is 3.23. The Bertz CT molecular complexity index is 753. The first-order valence-corrected chi connectivity index (χ1v) is 8.00. The third kappa shape index (κ3) is 2.92. The average Bonchev–Trinajstić information content (AvgIpc) is 3.15. The molecule has 1 aromatic carbocycles. The smallest absolute Gasteiger partial charge is 0.200 e. The number of thioether (sulfide) groups is 1. The maximum Gasteiger partial charge on any atom is 0.200 e. The molecule has 114 valence electrons. The lowest BCUT2D eigenvalue weighted by Crippen LogP contribution is -2.05. The van der Waals surface area contributed by atoms with E-state index in [9.17, 15) is 4.39 Å². The molecule has 0 N–H and O–H groups in total. The van der Waals surface area contributed by atoms with E-state index < -0.39 is 0 Å². The molecule has 3 aromatic rings. The summed E-state index contributed by atoms with van der Waals surface area (Å²) in [5.41, 5.74) is 0.658. The number of halogens is 1. The molecule has 0 radical (unpaired) electrons. The lowest BCUT2D eigenvalue weighted by molar-refractivity contribution is 0.529. The molecule has 6 heteroatoms. The third-order valence-electron chi connectivity index (χ3n) is 3.24. The normalized spacial score (nSPS) is 11.3. The van der Waals surface area contributed by atoms with E-state index in [4.69, 9.17) is 4.42 Å². The van der Waals surface area contributed by atoms with Gasteiger partial charge in [-0.15, -0.1) is 10.2 Å². The van der Waals surface area contributed by atoms with Crippen LogP contribution in [0, 0.1) is 5.82 Å². The monoisotopic (exact) mass is 317 g/mol. The summed E-state index contributed by atoms with van der Waals surface area (Å²) in [5.74, 6) is 1.68. The van der Waals surface area contributed by atoms with Crippen LogP contribution in [0.4, 0.5) is 4.39 Å². The number of hydrogen-bond acceptors (Lipinski definition) is 4. The molecule has 0 unspecified atom stereocenters. The SMILES string of the molecule is CC(C)n1c(SCc2ccccc2F)nnc1-c1ccco1. The molecular formula is C16H16FN3OS. The van der Waals surface area contributed by atoms with Crippen molar-refractivity contribution >= 4 is 11.8 Å². The van der Waals surface area contributed by atoms with E-state index in [0.29, 0.717) is 22.9 Å². The Labute approximate surface area is 132 Å². The van der Waals surface area contributed by atoms with Gasteiger partial charge in [0.05, 0.1) is 6.26 Å². The van der Waals surface area contributed by atoms with Crippen LogP contribution in [0.5, 0.6) is 0 Å². The molecule has 0 amide bonds. The van der Waals surface area contributed by atoms with E-state index in [1.54, 1.807) is 18.4 Å². The van der Waals surface area contributed by atoms with E-state index in [-0.39, 0.29) is 11.9 Å². The van der Waals surface area contributed by atoms with E-state index in [0.717, 1.165) is 5.16 Å². The van der Waals surface area contributed by atoms with E-state index in [1.165, 1.54) is 17.8 Å². The fraction of sp³-hybridized carbons (Fsp3) is 0.250. The van der Waals surface area contributed by atoms with E-state index in [1.807, 2.05) is 22.8 Å². The molecule has 0 spiro atoms. The zero-order chi connectivity index (χ0) is 15.5. The van der Waals surface area contributed by atoms with Crippen LogP contribution in [0.3, 0.4) is 0 Å². The molecule has 4 nitrogen and oxygen atoms in total. The zero-order valence-corrected chi connectivity index (χ0v) is 13.2. The maximum absolute atomic E-state index is 13.7. The highest BCUT2D eigenvalue weighted by Crippen LogP contribution is 2.30. The Kier molecular flexibility index (Phi) is 4.29. The summed E-state index contributed by atoms with van der Waals surface area (Å²) in [6.45, 7) is 4.12. The molecule has 3 rings (SSSR count). The standard InChI is InChI=1S/C16H16FN3OS/c1-11(2)20-15(14-8-5-9-21-14)18-19-16(20)22-10-12-6-3-4-7-13(12)17/h3-9,11H,10H2,1-2H3. The van der Waals surface area contributed by atoms with Crippen LogP contribution in [0.2, 0.25) is 0 Å². The van der Waals surface area contributed by atoms with Gasteiger partial charge in [-0.2, -0.15) is 0 Å². The van der Waals surface area contributed by atoms with Gasteiger partial charge in [0.25, 0.3) is 0 Å². The minimum atomic E-state index is -0.197. The largest absolute Gasteiger partial charge is 0.461 e. The summed E-state index contributed by atoms with van der Waals surface area (Å²) in [4.78, 5) is 0. The van der Waals surface area contributed by atoms with Gasteiger partial charge in [-0.25, -0.2) is 4.39 Å². The maximum atomic E-state index is 13.7. The Balaban J connectivity index is 1.87. The van der Waals surface area contributed by atoms with Crippen molar-refractivity contribution in [1.29, 1.82) is 0 Å². The quantitative estimate of drug-likeness (QED) is 0.648. The number of benzene rings is 1. The number of hydrogen-bond donors (Lipinski definition) is 0. The van der Waals surface area contributed by atoms with Crippen molar-refractivity contribution in [2.24, 2.45) is 0 Å². The van der Waals surface area contributed by atoms with Crippen molar-refractivity contribution in [3.05, 3.63) is 54.0 Å². The molecule has 22 heavy (non-hydrogen) atoms. The van der Waals surface area contributed by atoms with Gasteiger partial charge in [-0.05, 0) is 37.6 Å². The van der Waals surface area contributed by atoms with Gasteiger partial charge in [0.2, 0.25) is 5.82 Å². The average molecular weight is 317 g/mol. The minimum absolute atomic E-state index is 0.179. The van der Waals surface area contributed by atoms with Gasteiger partial charge in [0, 0.05) is 11.8 Å². The highest BCUT2D eigenvalue weighted by Gasteiger charge is 2.18. The molecule has 0 saturated heterocycles. The van der Waals surface area contributed by atoms with Crippen LogP contribution in [0.25, 0.3) is 11.6 Å². The molecular weight excluding hydrogens is 301 g/mol. The van der Waals surface area contributed by atoms with Crippen LogP contribution >= 0.6 is 11.8 Å². The third-order valence-corrected chi connectivity index (χ3v) is 4.23. The second kappa shape index (κ2) is 6.36. The summed E-state index contributed by atoms with van der Waals surface area (Å²) in [6.07, 6.45) is 1.61. The highest BCUT2D eigenvalue weighted by atomic mass is 32.2. The van der Waals surface area contributed by atoms with Crippen LogP contribution in [0.1, 0.15) is 25.5 Å². The molecule has 0 bridgehead atoms. The first-order chi connectivity index (χ1) is 10.7. The van der Waals surface area contributed by atoms with Crippen molar-refractivity contribution < 1.29 is 8.81 Å². The summed E-state index contributed by atoms with van der Waals surface area (Å²) in [7, 11) is 0. The number of rotatable bonds is 5. The van der Waals surface area contributed by atoms with Crippen molar-refractivity contribution in [3.63, 3.8) is 0 Å². The Morgan fingerprint density at radius 1 is 1.18 bits per heavy atom. The lowest BCUT2D eigenvalue weighted by Gasteiger charge is -2.12. The molecule has 0 atom stereocenters. The molecule has 0 saturated carbocycles. The minimum Gasteiger partial charge on any atom is -0.461 e. The van der Waals surface area contributed by atoms with Crippen molar-refractivity contribution in [1.82, 2.24) is 14.8 Å². The first kappa shape index (κ1) is 14.8. The Hall–Kier alpha value is -2.08. The summed E-state index contributed by atoms with van der Waals surface area (Å²) >= 11 is 1.47. The molecule has 2 aromatic heterocycles. The van der Waals surface area contributed by atoms with Crippen LogP contribution < -0.4 is 0 Å². The first-order valence-electron chi connectivity index (χ1n) is 7.02. The summed E-state index contributed by atoms with van der Waals surface area (Å²) in [6, 6.07) is 10.6. The van der Waals surface area contributed by atoms with Crippen molar-refractivity contribution in [2.75, 3.05) is 0 Å². The molecule has 2 heterocycles. The Morgan fingerprint density at radius 2 is 2.00 bits per heavy atom. The fourth-order valence-electron chi connectivity index (χ4n) is 2.17. The number of aromatic nitrogens is 3. The zero-order valence-electron chi connectivity index (χ0n) is 12.4. The van der Waals surface area contributed by atoms with Gasteiger partial charge in [0.15, 0.2) is 10.9 Å². The molecule has 0 aliphatic carbocycles. The highest BCUT2D eigenvalue weighted by molar-refractivity contribution is 7.98.